The standard InChI is InChI=1S/C6H12O2S/c1-3-4-5-6-9(2,7)8/h4-5H,3,6H2,1-2H3. The van der Waals surface area contributed by atoms with Gasteiger partial charge in [0.1, 0.15) is 0 Å². The number of allylic oxidation sites excluding steroid dienone is 1. The van der Waals surface area contributed by atoms with E-state index in [0.29, 0.717) is 0 Å². The van der Waals surface area contributed by atoms with Crippen LogP contribution in [0.1, 0.15) is 13.3 Å². The molecule has 0 aromatic heterocycles. The van der Waals surface area contributed by atoms with Gasteiger partial charge in [-0.3, -0.25) is 0 Å². The molecule has 3 heteroatoms. The van der Waals surface area contributed by atoms with Gasteiger partial charge in [-0.05, 0) is 6.42 Å². The van der Waals surface area contributed by atoms with Gasteiger partial charge in [0.05, 0.1) is 5.75 Å². The maximum absolute atomic E-state index is 10.5. The van der Waals surface area contributed by atoms with Crippen molar-refractivity contribution < 1.29 is 8.42 Å². The van der Waals surface area contributed by atoms with Crippen LogP contribution in [0.2, 0.25) is 0 Å². The van der Waals surface area contributed by atoms with E-state index in [1.165, 1.54) is 6.26 Å². The van der Waals surface area contributed by atoms with Crippen molar-refractivity contribution in [3.05, 3.63) is 12.2 Å². The lowest BCUT2D eigenvalue weighted by molar-refractivity contribution is 0.604. The number of rotatable bonds is 3. The van der Waals surface area contributed by atoms with E-state index < -0.39 is 9.84 Å². The van der Waals surface area contributed by atoms with E-state index >= 15 is 0 Å². The molecule has 0 unspecified atom stereocenters. The highest BCUT2D eigenvalue weighted by Gasteiger charge is 1.94. The molecular formula is C6H12O2S. The van der Waals surface area contributed by atoms with Crippen molar-refractivity contribution in [2.75, 3.05) is 12.0 Å². The zero-order valence-corrected chi connectivity index (χ0v) is 6.61. The van der Waals surface area contributed by atoms with Gasteiger partial charge in [0.25, 0.3) is 0 Å². The summed E-state index contributed by atoms with van der Waals surface area (Å²) in [5.74, 6) is 0.167. The van der Waals surface area contributed by atoms with Gasteiger partial charge in [-0.2, -0.15) is 0 Å². The van der Waals surface area contributed by atoms with Gasteiger partial charge >= 0.3 is 0 Å². The lowest BCUT2D eigenvalue weighted by Gasteiger charge is -1.86. The van der Waals surface area contributed by atoms with Gasteiger partial charge in [0.2, 0.25) is 0 Å². The molecule has 0 rings (SSSR count). The van der Waals surface area contributed by atoms with Crippen molar-refractivity contribution in [3.8, 4) is 0 Å². The predicted molar refractivity (Wildman–Crippen MR) is 39.1 cm³/mol. The van der Waals surface area contributed by atoms with E-state index in [1.54, 1.807) is 6.08 Å². The molecule has 0 saturated carbocycles. The first-order valence-electron chi connectivity index (χ1n) is 2.89. The highest BCUT2D eigenvalue weighted by molar-refractivity contribution is 7.90. The molecule has 2 nitrogen and oxygen atoms in total. The second kappa shape index (κ2) is 3.67. The van der Waals surface area contributed by atoms with Gasteiger partial charge in [0.15, 0.2) is 9.84 Å². The summed E-state index contributed by atoms with van der Waals surface area (Å²) < 4.78 is 20.9. The Bertz CT molecular complexity index is 177. The highest BCUT2D eigenvalue weighted by Crippen LogP contribution is 1.85. The molecule has 0 aliphatic carbocycles. The topological polar surface area (TPSA) is 34.1 Å². The highest BCUT2D eigenvalue weighted by atomic mass is 32.2. The largest absolute Gasteiger partial charge is 0.229 e. The van der Waals surface area contributed by atoms with Gasteiger partial charge < -0.3 is 0 Å². The molecule has 0 aromatic rings. The van der Waals surface area contributed by atoms with Crippen LogP contribution in [0.3, 0.4) is 0 Å². The average molecular weight is 148 g/mol. The Morgan fingerprint density at radius 3 is 2.22 bits per heavy atom. The van der Waals surface area contributed by atoms with Crippen LogP contribution in [-0.2, 0) is 9.84 Å². The molecule has 0 aromatic carbocycles. The van der Waals surface area contributed by atoms with Crippen molar-refractivity contribution in [2.24, 2.45) is 0 Å². The molecule has 0 atom stereocenters. The van der Waals surface area contributed by atoms with Gasteiger partial charge in [-0.25, -0.2) is 8.42 Å². The molecule has 9 heavy (non-hydrogen) atoms. The first kappa shape index (κ1) is 8.69. The first-order valence-corrected chi connectivity index (χ1v) is 4.95. The van der Waals surface area contributed by atoms with E-state index in [1.807, 2.05) is 13.0 Å². The molecular weight excluding hydrogens is 136 g/mol. The normalized spacial score (nSPS) is 12.7. The van der Waals surface area contributed by atoms with Gasteiger partial charge in [-0.1, -0.05) is 19.1 Å². The van der Waals surface area contributed by atoms with Gasteiger partial charge in [-0.15, -0.1) is 0 Å². The lowest BCUT2D eigenvalue weighted by Crippen LogP contribution is -1.98. The molecule has 0 saturated heterocycles. The quantitative estimate of drug-likeness (QED) is 0.559. The summed E-state index contributed by atoms with van der Waals surface area (Å²) >= 11 is 0. The lowest BCUT2D eigenvalue weighted by atomic mass is 10.4. The Morgan fingerprint density at radius 2 is 1.89 bits per heavy atom. The third-order valence-corrected chi connectivity index (χ3v) is 1.60. The molecule has 0 bridgehead atoms. The second-order valence-corrected chi connectivity index (χ2v) is 4.16. The molecule has 0 radical (unpaired) electrons. The summed E-state index contributed by atoms with van der Waals surface area (Å²) in [5.41, 5.74) is 0. The van der Waals surface area contributed by atoms with E-state index in [2.05, 4.69) is 0 Å². The minimum absolute atomic E-state index is 0.167. The van der Waals surface area contributed by atoms with Crippen LogP contribution in [0.4, 0.5) is 0 Å². The summed E-state index contributed by atoms with van der Waals surface area (Å²) in [7, 11) is -2.78. The molecule has 0 amide bonds. The maximum Gasteiger partial charge on any atom is 0.150 e. The van der Waals surface area contributed by atoms with Crippen molar-refractivity contribution in [1.82, 2.24) is 0 Å². The third kappa shape index (κ3) is 7.69. The molecule has 0 aliphatic heterocycles. The van der Waals surface area contributed by atoms with Crippen LogP contribution in [0.25, 0.3) is 0 Å². The van der Waals surface area contributed by atoms with Crippen LogP contribution < -0.4 is 0 Å². The zero-order chi connectivity index (χ0) is 7.33. The fraction of sp³-hybridized carbons (Fsp3) is 0.667. The summed E-state index contributed by atoms with van der Waals surface area (Å²) in [5, 5.41) is 0. The van der Waals surface area contributed by atoms with Crippen LogP contribution in [0.5, 0.6) is 0 Å². The summed E-state index contributed by atoms with van der Waals surface area (Å²) in [6.07, 6.45) is 5.65. The van der Waals surface area contributed by atoms with Crippen LogP contribution in [0, 0.1) is 0 Å². The summed E-state index contributed by atoms with van der Waals surface area (Å²) in [6, 6.07) is 0. The third-order valence-electron chi connectivity index (χ3n) is 0.801. The van der Waals surface area contributed by atoms with Crippen LogP contribution >= 0.6 is 0 Å². The Kier molecular flexibility index (Phi) is 3.54. The second-order valence-electron chi connectivity index (χ2n) is 1.97. The zero-order valence-electron chi connectivity index (χ0n) is 5.79. The van der Waals surface area contributed by atoms with Crippen molar-refractivity contribution in [1.29, 1.82) is 0 Å². The predicted octanol–water partition coefficient (Wildman–Crippen LogP) is 0.997. The Labute approximate surface area is 56.5 Å². The number of sulfone groups is 1. The first-order chi connectivity index (χ1) is 4.06. The molecule has 0 aliphatic rings. The summed E-state index contributed by atoms with van der Waals surface area (Å²) in [4.78, 5) is 0. The van der Waals surface area contributed by atoms with Crippen molar-refractivity contribution in [2.45, 2.75) is 13.3 Å². The fourth-order valence-corrected chi connectivity index (χ4v) is 0.895. The van der Waals surface area contributed by atoms with Crippen molar-refractivity contribution in [3.63, 3.8) is 0 Å². The maximum atomic E-state index is 10.5. The molecule has 0 heterocycles. The van der Waals surface area contributed by atoms with Crippen LogP contribution in [-0.4, -0.2) is 20.4 Å². The Balaban J connectivity index is 3.65. The summed E-state index contributed by atoms with van der Waals surface area (Å²) in [6.45, 7) is 1.97. The van der Waals surface area contributed by atoms with Crippen molar-refractivity contribution >= 4 is 9.84 Å². The molecule has 54 valence electrons. The Morgan fingerprint density at radius 1 is 1.33 bits per heavy atom. The minimum atomic E-state index is -2.78. The molecule has 0 fully saturated rings. The van der Waals surface area contributed by atoms with E-state index in [4.69, 9.17) is 0 Å². The van der Waals surface area contributed by atoms with Gasteiger partial charge in [0, 0.05) is 6.26 Å². The number of hydrogen-bond acceptors (Lipinski definition) is 2. The smallest absolute Gasteiger partial charge is 0.150 e. The monoisotopic (exact) mass is 148 g/mol. The molecule has 0 spiro atoms. The fourth-order valence-electron chi connectivity index (χ4n) is 0.410. The SMILES string of the molecule is CCC=CCS(C)(=O)=O. The van der Waals surface area contributed by atoms with E-state index in [0.717, 1.165) is 6.42 Å². The minimum Gasteiger partial charge on any atom is -0.229 e. The van der Waals surface area contributed by atoms with E-state index in [-0.39, 0.29) is 5.75 Å². The Hall–Kier alpha value is -0.310. The molecule has 0 N–H and O–H groups in total. The van der Waals surface area contributed by atoms with Crippen LogP contribution in [0.15, 0.2) is 12.2 Å². The van der Waals surface area contributed by atoms with E-state index in [9.17, 15) is 8.42 Å². The average Bonchev–Trinajstić information content (AvgIpc) is 1.63. The number of hydrogen-bond donors (Lipinski definition) is 0.